The fraction of sp³-hybridized carbons (Fsp3) is 0.263. The van der Waals surface area contributed by atoms with Crippen LogP contribution in [0.5, 0.6) is 5.75 Å². The predicted molar refractivity (Wildman–Crippen MR) is 94.0 cm³/mol. The van der Waals surface area contributed by atoms with Gasteiger partial charge in [-0.25, -0.2) is 4.79 Å². The van der Waals surface area contributed by atoms with E-state index in [1.165, 1.54) is 25.3 Å². The quantitative estimate of drug-likeness (QED) is 0.804. The fourth-order valence-electron chi connectivity index (χ4n) is 2.34. The topological polar surface area (TPSA) is 84.9 Å². The molecule has 1 atom stereocenters. The van der Waals surface area contributed by atoms with Crippen molar-refractivity contribution >= 4 is 17.6 Å². The summed E-state index contributed by atoms with van der Waals surface area (Å²) >= 11 is 0. The minimum atomic E-state index is -1.09. The van der Waals surface area contributed by atoms with Gasteiger partial charge in [0, 0.05) is 7.11 Å². The van der Waals surface area contributed by atoms with E-state index in [9.17, 15) is 14.7 Å². The number of aromatic carboxylic acids is 1. The largest absolute Gasteiger partial charge is 0.489 e. The van der Waals surface area contributed by atoms with Crippen molar-refractivity contribution in [3.63, 3.8) is 0 Å². The summed E-state index contributed by atoms with van der Waals surface area (Å²) in [7, 11) is 1.44. The standard InChI is InChI=1S/C19H21NO5/c1-12(2)25-16-10-9-14(19(22)23)11-15(16)20-18(21)17(24-3)13-7-5-4-6-8-13/h4-12,17H,1-3H3,(H,20,21)(H,22,23)/t17-/m1/s1. The third-order valence-corrected chi connectivity index (χ3v) is 3.42. The van der Waals surface area contributed by atoms with Crippen LogP contribution in [0.25, 0.3) is 0 Å². The lowest BCUT2D eigenvalue weighted by Crippen LogP contribution is -2.23. The zero-order valence-electron chi connectivity index (χ0n) is 14.4. The number of carboxylic acids is 1. The molecule has 132 valence electrons. The van der Waals surface area contributed by atoms with Crippen molar-refractivity contribution in [1.82, 2.24) is 0 Å². The molecular weight excluding hydrogens is 322 g/mol. The van der Waals surface area contributed by atoms with Crippen molar-refractivity contribution < 1.29 is 24.2 Å². The maximum atomic E-state index is 12.6. The lowest BCUT2D eigenvalue weighted by atomic mass is 10.1. The molecule has 2 aromatic rings. The van der Waals surface area contributed by atoms with Crippen LogP contribution in [-0.2, 0) is 9.53 Å². The Hall–Kier alpha value is -2.86. The molecule has 0 bridgehead atoms. The monoisotopic (exact) mass is 343 g/mol. The molecule has 2 N–H and O–H groups in total. The van der Waals surface area contributed by atoms with Gasteiger partial charge in [-0.05, 0) is 37.6 Å². The third kappa shape index (κ3) is 4.81. The van der Waals surface area contributed by atoms with Gasteiger partial charge in [0.25, 0.3) is 5.91 Å². The molecule has 0 aromatic heterocycles. The summed E-state index contributed by atoms with van der Waals surface area (Å²) in [4.78, 5) is 23.8. The number of benzene rings is 2. The molecule has 0 spiro atoms. The molecule has 2 aromatic carbocycles. The fourth-order valence-corrected chi connectivity index (χ4v) is 2.34. The number of carbonyl (C=O) groups is 2. The van der Waals surface area contributed by atoms with Gasteiger partial charge in [0.15, 0.2) is 6.10 Å². The first-order valence-electron chi connectivity index (χ1n) is 7.85. The molecule has 0 unspecified atom stereocenters. The number of carboxylic acid groups (broad SMARTS) is 1. The van der Waals surface area contributed by atoms with Crippen molar-refractivity contribution in [2.24, 2.45) is 0 Å². The van der Waals surface area contributed by atoms with E-state index in [-0.39, 0.29) is 17.4 Å². The molecule has 2 rings (SSSR count). The van der Waals surface area contributed by atoms with Crippen LogP contribution in [0.15, 0.2) is 48.5 Å². The van der Waals surface area contributed by atoms with Crippen molar-refractivity contribution in [2.75, 3.05) is 12.4 Å². The Morgan fingerprint density at radius 1 is 1.08 bits per heavy atom. The number of hydrogen-bond acceptors (Lipinski definition) is 4. The molecule has 0 aliphatic heterocycles. The molecule has 0 radical (unpaired) electrons. The maximum Gasteiger partial charge on any atom is 0.335 e. The highest BCUT2D eigenvalue weighted by atomic mass is 16.5. The lowest BCUT2D eigenvalue weighted by molar-refractivity contribution is -0.126. The molecule has 6 nitrogen and oxygen atoms in total. The number of nitrogens with one attached hydrogen (secondary N) is 1. The predicted octanol–water partition coefficient (Wildman–Crippen LogP) is 3.50. The second-order valence-electron chi connectivity index (χ2n) is 5.70. The zero-order chi connectivity index (χ0) is 18.4. The van der Waals surface area contributed by atoms with E-state index < -0.39 is 18.0 Å². The summed E-state index contributed by atoms with van der Waals surface area (Å²) in [5, 5.41) is 11.9. The van der Waals surface area contributed by atoms with Gasteiger partial charge in [-0.3, -0.25) is 4.79 Å². The Morgan fingerprint density at radius 2 is 1.76 bits per heavy atom. The zero-order valence-corrected chi connectivity index (χ0v) is 14.4. The molecule has 25 heavy (non-hydrogen) atoms. The number of carbonyl (C=O) groups excluding carboxylic acids is 1. The van der Waals surface area contributed by atoms with Crippen LogP contribution in [0.2, 0.25) is 0 Å². The van der Waals surface area contributed by atoms with Gasteiger partial charge in [0.2, 0.25) is 0 Å². The number of amides is 1. The first-order chi connectivity index (χ1) is 11.9. The number of methoxy groups -OCH3 is 1. The van der Waals surface area contributed by atoms with Crippen LogP contribution in [0.4, 0.5) is 5.69 Å². The van der Waals surface area contributed by atoms with Crippen LogP contribution in [-0.4, -0.2) is 30.2 Å². The van der Waals surface area contributed by atoms with Crippen molar-refractivity contribution in [1.29, 1.82) is 0 Å². The Morgan fingerprint density at radius 3 is 2.32 bits per heavy atom. The van der Waals surface area contributed by atoms with Crippen molar-refractivity contribution in [3.8, 4) is 5.75 Å². The Kier molecular flexibility index (Phi) is 6.14. The van der Waals surface area contributed by atoms with Crippen molar-refractivity contribution in [2.45, 2.75) is 26.1 Å². The second-order valence-corrected chi connectivity index (χ2v) is 5.70. The van der Waals surface area contributed by atoms with Crippen LogP contribution in [0.1, 0.15) is 35.9 Å². The highest BCUT2D eigenvalue weighted by molar-refractivity contribution is 5.98. The molecule has 0 aliphatic carbocycles. The van der Waals surface area contributed by atoms with E-state index in [0.29, 0.717) is 11.3 Å². The van der Waals surface area contributed by atoms with Gasteiger partial charge in [0.05, 0.1) is 17.4 Å². The Bertz CT molecular complexity index is 743. The van der Waals surface area contributed by atoms with Crippen LogP contribution in [0.3, 0.4) is 0 Å². The van der Waals surface area contributed by atoms with E-state index in [2.05, 4.69) is 5.32 Å². The molecule has 0 saturated carbocycles. The molecule has 0 aliphatic rings. The average molecular weight is 343 g/mol. The van der Waals surface area contributed by atoms with Gasteiger partial charge >= 0.3 is 5.97 Å². The minimum Gasteiger partial charge on any atom is -0.489 e. The summed E-state index contributed by atoms with van der Waals surface area (Å²) < 4.78 is 11.0. The molecule has 0 heterocycles. The molecule has 0 fully saturated rings. The first kappa shape index (κ1) is 18.5. The Balaban J connectivity index is 2.31. The summed E-state index contributed by atoms with van der Waals surface area (Å²) in [6, 6.07) is 13.4. The number of ether oxygens (including phenoxy) is 2. The van der Waals surface area contributed by atoms with Gasteiger partial charge in [0.1, 0.15) is 5.75 Å². The smallest absolute Gasteiger partial charge is 0.335 e. The van der Waals surface area contributed by atoms with E-state index in [1.807, 2.05) is 32.0 Å². The summed E-state index contributed by atoms with van der Waals surface area (Å²) in [5.41, 5.74) is 1.04. The average Bonchev–Trinajstić information content (AvgIpc) is 2.57. The van der Waals surface area contributed by atoms with Crippen molar-refractivity contribution in [3.05, 3.63) is 59.7 Å². The normalized spacial score (nSPS) is 11.8. The minimum absolute atomic E-state index is 0.0556. The maximum absolute atomic E-state index is 12.6. The summed E-state index contributed by atoms with van der Waals surface area (Å²) in [5.74, 6) is -1.10. The van der Waals surface area contributed by atoms with E-state index in [0.717, 1.165) is 0 Å². The van der Waals surface area contributed by atoms with E-state index in [4.69, 9.17) is 9.47 Å². The first-order valence-corrected chi connectivity index (χ1v) is 7.85. The number of anilines is 1. The third-order valence-electron chi connectivity index (χ3n) is 3.42. The second kappa shape index (κ2) is 8.30. The molecular formula is C19H21NO5. The van der Waals surface area contributed by atoms with E-state index >= 15 is 0 Å². The highest BCUT2D eigenvalue weighted by Gasteiger charge is 2.22. The highest BCUT2D eigenvalue weighted by Crippen LogP contribution is 2.29. The number of rotatable bonds is 7. The summed E-state index contributed by atoms with van der Waals surface area (Å²) in [6.07, 6.45) is -0.944. The van der Waals surface area contributed by atoms with Crippen LogP contribution < -0.4 is 10.1 Å². The van der Waals surface area contributed by atoms with Gasteiger partial charge in [-0.1, -0.05) is 30.3 Å². The van der Waals surface area contributed by atoms with E-state index in [1.54, 1.807) is 12.1 Å². The SMILES string of the molecule is CO[C@@H](C(=O)Nc1cc(C(=O)O)ccc1OC(C)C)c1ccccc1. The van der Waals surface area contributed by atoms with Gasteiger partial charge in [-0.15, -0.1) is 0 Å². The van der Waals surface area contributed by atoms with Crippen LogP contribution in [0, 0.1) is 0 Å². The summed E-state index contributed by atoms with van der Waals surface area (Å²) in [6.45, 7) is 3.69. The van der Waals surface area contributed by atoms with Gasteiger partial charge < -0.3 is 19.9 Å². The molecule has 1 amide bonds. The van der Waals surface area contributed by atoms with Gasteiger partial charge in [-0.2, -0.15) is 0 Å². The molecule has 0 saturated heterocycles. The van der Waals surface area contributed by atoms with Crippen LogP contribution >= 0.6 is 0 Å². The number of hydrogen-bond donors (Lipinski definition) is 2. The Labute approximate surface area is 146 Å². The lowest BCUT2D eigenvalue weighted by Gasteiger charge is -2.19. The molecule has 6 heteroatoms.